The van der Waals surface area contributed by atoms with Crippen LogP contribution in [0.1, 0.15) is 27.8 Å². The maximum atomic E-state index is 11.5. The second kappa shape index (κ2) is 5.92. The maximum absolute atomic E-state index is 11.5. The van der Waals surface area contributed by atoms with Crippen LogP contribution in [0.4, 0.5) is 0 Å². The Morgan fingerprint density at radius 3 is 2.65 bits per heavy atom. The Morgan fingerprint density at radius 2 is 2.05 bits per heavy atom. The maximum Gasteiger partial charge on any atom is 0.371 e. The molecular weight excluding hydrogens is 262 g/mol. The predicted molar refractivity (Wildman–Crippen MR) is 70.0 cm³/mol. The summed E-state index contributed by atoms with van der Waals surface area (Å²) in [5, 5.41) is 11.3. The van der Waals surface area contributed by atoms with Crippen molar-refractivity contribution in [2.75, 3.05) is 0 Å². The molecule has 0 aromatic carbocycles. The zero-order valence-corrected chi connectivity index (χ0v) is 10.8. The second-order valence-corrected chi connectivity index (χ2v) is 4.07. The largest absolute Gasteiger partial charge is 0.475 e. The molecule has 6 heteroatoms. The fourth-order valence-electron chi connectivity index (χ4n) is 1.52. The lowest BCUT2D eigenvalue weighted by Gasteiger charge is -1.98. The number of carbonyl (C=O) groups excluding carboxylic acids is 1. The summed E-state index contributed by atoms with van der Waals surface area (Å²) in [4.78, 5) is 22.2. The summed E-state index contributed by atoms with van der Waals surface area (Å²) in [5.74, 6) is 0.0995. The molecule has 1 amide bonds. The minimum Gasteiger partial charge on any atom is -0.475 e. The molecule has 0 spiro atoms. The van der Waals surface area contributed by atoms with E-state index in [0.29, 0.717) is 11.5 Å². The molecule has 2 N–H and O–H groups in total. The summed E-state index contributed by atoms with van der Waals surface area (Å²) in [5.41, 5.74) is 0. The van der Waals surface area contributed by atoms with E-state index in [4.69, 9.17) is 13.9 Å². The van der Waals surface area contributed by atoms with E-state index >= 15 is 0 Å². The van der Waals surface area contributed by atoms with Crippen LogP contribution in [0.3, 0.4) is 0 Å². The predicted octanol–water partition coefficient (Wildman–Crippen LogP) is 2.21. The molecule has 0 fully saturated rings. The lowest BCUT2D eigenvalue weighted by Crippen LogP contribution is -2.19. The summed E-state index contributed by atoms with van der Waals surface area (Å²) >= 11 is 0. The van der Waals surface area contributed by atoms with Gasteiger partial charge in [0.05, 0.1) is 6.54 Å². The van der Waals surface area contributed by atoms with Crippen molar-refractivity contribution in [1.82, 2.24) is 5.32 Å². The van der Waals surface area contributed by atoms with E-state index in [1.165, 1.54) is 18.2 Å². The molecule has 20 heavy (non-hydrogen) atoms. The average molecular weight is 275 g/mol. The van der Waals surface area contributed by atoms with Crippen LogP contribution in [0.2, 0.25) is 0 Å². The Bertz CT molecular complexity index is 650. The number of amides is 1. The quantitative estimate of drug-likeness (QED) is 0.816. The molecule has 104 valence electrons. The van der Waals surface area contributed by atoms with Gasteiger partial charge >= 0.3 is 5.97 Å². The first kappa shape index (κ1) is 13.7. The summed E-state index contributed by atoms with van der Waals surface area (Å²) in [7, 11) is 0. The third-order valence-electron chi connectivity index (χ3n) is 2.47. The van der Waals surface area contributed by atoms with Crippen LogP contribution in [0.25, 0.3) is 6.08 Å². The number of aryl methyl sites for hydroxylation is 1. The minimum absolute atomic E-state index is 0.119. The average Bonchev–Trinajstić information content (AvgIpc) is 3.03. The van der Waals surface area contributed by atoms with Gasteiger partial charge in [0.2, 0.25) is 11.7 Å². The number of carboxylic acids is 1. The van der Waals surface area contributed by atoms with E-state index in [2.05, 4.69) is 5.32 Å². The third-order valence-corrected chi connectivity index (χ3v) is 2.47. The first-order valence-corrected chi connectivity index (χ1v) is 5.89. The SMILES string of the molecule is Cc1ccc(/C=C/C(=O)NCc2ccc(C(=O)O)o2)o1. The van der Waals surface area contributed by atoms with Crippen LogP contribution >= 0.6 is 0 Å². The molecule has 2 rings (SSSR count). The van der Waals surface area contributed by atoms with E-state index in [-0.39, 0.29) is 18.2 Å². The van der Waals surface area contributed by atoms with Crippen molar-refractivity contribution in [2.24, 2.45) is 0 Å². The summed E-state index contributed by atoms with van der Waals surface area (Å²) < 4.78 is 10.3. The van der Waals surface area contributed by atoms with Gasteiger partial charge in [-0.15, -0.1) is 0 Å². The number of aromatic carboxylic acids is 1. The van der Waals surface area contributed by atoms with Crippen LogP contribution in [0.5, 0.6) is 0 Å². The van der Waals surface area contributed by atoms with Crippen LogP contribution < -0.4 is 5.32 Å². The van der Waals surface area contributed by atoms with Gasteiger partial charge in [-0.05, 0) is 37.3 Å². The first-order chi connectivity index (χ1) is 9.54. The molecule has 0 aliphatic rings. The highest BCUT2D eigenvalue weighted by Crippen LogP contribution is 2.09. The van der Waals surface area contributed by atoms with Gasteiger partial charge < -0.3 is 19.3 Å². The number of hydrogen-bond donors (Lipinski definition) is 2. The minimum atomic E-state index is -1.14. The van der Waals surface area contributed by atoms with E-state index in [1.807, 2.05) is 6.92 Å². The first-order valence-electron chi connectivity index (χ1n) is 5.89. The Hall–Kier alpha value is -2.76. The third kappa shape index (κ3) is 3.61. The Kier molecular flexibility index (Phi) is 4.05. The van der Waals surface area contributed by atoms with E-state index in [1.54, 1.807) is 18.2 Å². The number of furan rings is 2. The van der Waals surface area contributed by atoms with Crippen molar-refractivity contribution in [3.63, 3.8) is 0 Å². The fraction of sp³-hybridized carbons (Fsp3) is 0.143. The highest BCUT2D eigenvalue weighted by Gasteiger charge is 2.08. The zero-order chi connectivity index (χ0) is 14.5. The molecular formula is C14H13NO5. The van der Waals surface area contributed by atoms with Gasteiger partial charge in [0.15, 0.2) is 0 Å². The molecule has 2 aromatic heterocycles. The van der Waals surface area contributed by atoms with Crippen molar-refractivity contribution < 1.29 is 23.5 Å². The molecule has 0 saturated heterocycles. The van der Waals surface area contributed by atoms with Gasteiger partial charge in [-0.1, -0.05) is 0 Å². The number of rotatable bonds is 5. The topological polar surface area (TPSA) is 92.7 Å². The number of nitrogens with one attached hydrogen (secondary N) is 1. The Morgan fingerprint density at radius 1 is 1.25 bits per heavy atom. The van der Waals surface area contributed by atoms with Gasteiger partial charge in [0.25, 0.3) is 0 Å². The number of carboxylic acid groups (broad SMARTS) is 1. The van der Waals surface area contributed by atoms with Gasteiger partial charge in [-0.3, -0.25) is 4.79 Å². The van der Waals surface area contributed by atoms with Crippen molar-refractivity contribution >= 4 is 18.0 Å². The van der Waals surface area contributed by atoms with E-state index < -0.39 is 5.97 Å². The highest BCUT2D eigenvalue weighted by molar-refractivity contribution is 5.91. The smallest absolute Gasteiger partial charge is 0.371 e. The molecule has 0 bridgehead atoms. The number of carbonyl (C=O) groups is 2. The van der Waals surface area contributed by atoms with Crippen molar-refractivity contribution in [1.29, 1.82) is 0 Å². The Balaban J connectivity index is 1.85. The van der Waals surface area contributed by atoms with E-state index in [0.717, 1.165) is 5.76 Å². The fourth-order valence-corrected chi connectivity index (χ4v) is 1.52. The number of hydrogen-bond acceptors (Lipinski definition) is 4. The molecule has 2 aromatic rings. The van der Waals surface area contributed by atoms with Crippen LogP contribution in [0.15, 0.2) is 39.2 Å². The van der Waals surface area contributed by atoms with Gasteiger partial charge in [-0.2, -0.15) is 0 Å². The van der Waals surface area contributed by atoms with Gasteiger partial charge in [0.1, 0.15) is 17.3 Å². The standard InChI is InChI=1S/C14H13NO5/c1-9-2-3-10(19-9)5-7-13(16)15-8-11-4-6-12(20-11)14(17)18/h2-7H,8H2,1H3,(H,15,16)(H,17,18)/b7-5+. The van der Waals surface area contributed by atoms with Gasteiger partial charge in [-0.25, -0.2) is 4.79 Å². The molecule has 2 heterocycles. The molecule has 0 radical (unpaired) electrons. The molecule has 0 unspecified atom stereocenters. The molecule has 0 atom stereocenters. The molecule has 6 nitrogen and oxygen atoms in total. The summed E-state index contributed by atoms with van der Waals surface area (Å²) in [6, 6.07) is 6.40. The van der Waals surface area contributed by atoms with Crippen molar-refractivity contribution in [3.8, 4) is 0 Å². The Labute approximate surface area is 114 Å². The van der Waals surface area contributed by atoms with Crippen LogP contribution in [-0.4, -0.2) is 17.0 Å². The van der Waals surface area contributed by atoms with Gasteiger partial charge in [0, 0.05) is 6.08 Å². The normalized spacial score (nSPS) is 10.8. The monoisotopic (exact) mass is 275 g/mol. The summed E-state index contributed by atoms with van der Waals surface area (Å²) in [6.07, 6.45) is 2.88. The lowest BCUT2D eigenvalue weighted by atomic mass is 10.3. The lowest BCUT2D eigenvalue weighted by molar-refractivity contribution is -0.116. The zero-order valence-electron chi connectivity index (χ0n) is 10.8. The molecule has 0 aliphatic heterocycles. The second-order valence-electron chi connectivity index (χ2n) is 4.07. The van der Waals surface area contributed by atoms with Crippen molar-refractivity contribution in [2.45, 2.75) is 13.5 Å². The molecule has 0 aliphatic carbocycles. The highest BCUT2D eigenvalue weighted by atomic mass is 16.4. The van der Waals surface area contributed by atoms with E-state index in [9.17, 15) is 9.59 Å². The van der Waals surface area contributed by atoms with Crippen molar-refractivity contribution in [3.05, 3.63) is 53.4 Å². The molecule has 0 saturated carbocycles. The van der Waals surface area contributed by atoms with Crippen LogP contribution in [0, 0.1) is 6.92 Å². The summed E-state index contributed by atoms with van der Waals surface area (Å²) in [6.45, 7) is 1.93. The van der Waals surface area contributed by atoms with Crippen LogP contribution in [-0.2, 0) is 11.3 Å².